The van der Waals surface area contributed by atoms with Crippen LogP contribution in [0.2, 0.25) is 5.02 Å². The highest BCUT2D eigenvalue weighted by molar-refractivity contribution is 6.33. The van der Waals surface area contributed by atoms with Crippen molar-refractivity contribution in [3.8, 4) is 5.75 Å². The van der Waals surface area contributed by atoms with Crippen LogP contribution in [-0.4, -0.2) is 18.6 Å². The molecular weight excluding hydrogens is 288 g/mol. The van der Waals surface area contributed by atoms with Gasteiger partial charge in [0.1, 0.15) is 11.9 Å². The van der Waals surface area contributed by atoms with Crippen LogP contribution < -0.4 is 15.8 Å². The topological polar surface area (TPSA) is 64.4 Å². The first-order chi connectivity index (χ1) is 10.1. The number of nitrogens with two attached hydrogens (primary N) is 1. The summed E-state index contributed by atoms with van der Waals surface area (Å²) in [6, 6.07) is 12.7. The summed E-state index contributed by atoms with van der Waals surface area (Å²) >= 11 is 5.84. The lowest BCUT2D eigenvalue weighted by Gasteiger charge is -2.12. The van der Waals surface area contributed by atoms with Crippen LogP contribution in [-0.2, 0) is 6.42 Å². The number of fused-ring (bicyclic) bond motifs is 1. The van der Waals surface area contributed by atoms with E-state index in [1.54, 1.807) is 18.2 Å². The normalized spacial score (nSPS) is 16.1. The minimum atomic E-state index is -0.182. The Morgan fingerprint density at radius 2 is 2.14 bits per heavy atom. The lowest BCUT2D eigenvalue weighted by Crippen LogP contribution is -2.34. The van der Waals surface area contributed by atoms with Gasteiger partial charge in [-0.3, -0.25) is 4.79 Å². The molecule has 0 aliphatic carbocycles. The number of carbonyl (C=O) groups is 1. The first kappa shape index (κ1) is 13.8. The molecule has 1 aliphatic heterocycles. The maximum absolute atomic E-state index is 12.1. The molecule has 0 saturated carbocycles. The molecule has 3 N–H and O–H groups in total. The number of carbonyl (C=O) groups excluding carboxylic acids is 1. The van der Waals surface area contributed by atoms with Gasteiger partial charge in [-0.15, -0.1) is 0 Å². The van der Waals surface area contributed by atoms with E-state index in [0.717, 1.165) is 12.2 Å². The first-order valence-corrected chi connectivity index (χ1v) is 7.09. The van der Waals surface area contributed by atoms with Gasteiger partial charge < -0.3 is 15.8 Å². The van der Waals surface area contributed by atoms with Crippen molar-refractivity contribution in [3.05, 3.63) is 58.6 Å². The van der Waals surface area contributed by atoms with Gasteiger partial charge in [0, 0.05) is 12.0 Å². The summed E-state index contributed by atoms with van der Waals surface area (Å²) in [5, 5.41) is 3.31. The standard InChI is InChI=1S/C16H15ClN2O2/c17-13-6-5-11(8-14(13)18)16(20)19-9-12-7-10-3-1-2-4-15(10)21-12/h1-6,8,12H,7,9,18H2,(H,19,20). The monoisotopic (exact) mass is 302 g/mol. The zero-order chi connectivity index (χ0) is 14.8. The van der Waals surface area contributed by atoms with Gasteiger partial charge in [-0.25, -0.2) is 0 Å². The van der Waals surface area contributed by atoms with Gasteiger partial charge in [-0.05, 0) is 29.8 Å². The fourth-order valence-corrected chi connectivity index (χ4v) is 2.48. The third-order valence-corrected chi connectivity index (χ3v) is 3.81. The zero-order valence-electron chi connectivity index (χ0n) is 11.3. The number of para-hydroxylation sites is 1. The molecule has 1 atom stereocenters. The van der Waals surface area contributed by atoms with Crippen LogP contribution in [0.25, 0.3) is 0 Å². The van der Waals surface area contributed by atoms with Gasteiger partial charge in [-0.1, -0.05) is 29.8 Å². The number of benzene rings is 2. The third-order valence-electron chi connectivity index (χ3n) is 3.46. The predicted molar refractivity (Wildman–Crippen MR) is 82.8 cm³/mol. The molecule has 0 spiro atoms. The Labute approximate surface area is 127 Å². The Morgan fingerprint density at radius 3 is 2.90 bits per heavy atom. The third kappa shape index (κ3) is 2.95. The summed E-state index contributed by atoms with van der Waals surface area (Å²) in [6.45, 7) is 0.454. The Hall–Kier alpha value is -2.20. The molecule has 1 amide bonds. The summed E-state index contributed by atoms with van der Waals surface area (Å²) in [5.74, 6) is 0.713. The van der Waals surface area contributed by atoms with E-state index in [-0.39, 0.29) is 12.0 Å². The Kier molecular flexibility index (Phi) is 3.71. The number of halogens is 1. The zero-order valence-corrected chi connectivity index (χ0v) is 12.1. The molecule has 0 fully saturated rings. The van der Waals surface area contributed by atoms with Crippen molar-refractivity contribution < 1.29 is 9.53 Å². The van der Waals surface area contributed by atoms with E-state index in [2.05, 4.69) is 5.32 Å². The number of rotatable bonds is 3. The van der Waals surface area contributed by atoms with E-state index in [1.165, 1.54) is 5.56 Å². The number of amides is 1. The highest BCUT2D eigenvalue weighted by Gasteiger charge is 2.22. The molecule has 0 aromatic heterocycles. The van der Waals surface area contributed by atoms with Crippen molar-refractivity contribution >= 4 is 23.2 Å². The Bertz CT molecular complexity index is 663. The smallest absolute Gasteiger partial charge is 0.251 e. The molecule has 0 saturated heterocycles. The van der Waals surface area contributed by atoms with Crippen LogP contribution >= 0.6 is 11.6 Å². The van der Waals surface area contributed by atoms with Crippen molar-refractivity contribution in [3.63, 3.8) is 0 Å². The molecule has 1 unspecified atom stereocenters. The number of nitrogens with one attached hydrogen (secondary N) is 1. The quantitative estimate of drug-likeness (QED) is 0.857. The molecule has 2 aromatic carbocycles. The molecule has 3 rings (SSSR count). The molecule has 0 radical (unpaired) electrons. The molecule has 1 heterocycles. The molecule has 5 heteroatoms. The average Bonchev–Trinajstić information content (AvgIpc) is 2.90. The lowest BCUT2D eigenvalue weighted by atomic mass is 10.1. The second-order valence-corrected chi connectivity index (χ2v) is 5.41. The fraction of sp³-hybridized carbons (Fsp3) is 0.188. The number of anilines is 1. The number of hydrogen-bond acceptors (Lipinski definition) is 3. The van der Waals surface area contributed by atoms with Gasteiger partial charge in [0.05, 0.1) is 17.3 Å². The van der Waals surface area contributed by atoms with Gasteiger partial charge in [-0.2, -0.15) is 0 Å². The van der Waals surface area contributed by atoms with Crippen LogP contribution in [0.5, 0.6) is 5.75 Å². The second-order valence-electron chi connectivity index (χ2n) is 5.00. The largest absolute Gasteiger partial charge is 0.488 e. The number of ether oxygens (including phenoxy) is 1. The second kappa shape index (κ2) is 5.66. The van der Waals surface area contributed by atoms with Crippen molar-refractivity contribution in [1.82, 2.24) is 5.32 Å². The fourth-order valence-electron chi connectivity index (χ4n) is 2.36. The minimum Gasteiger partial charge on any atom is -0.488 e. The number of nitrogen functional groups attached to an aromatic ring is 1. The highest BCUT2D eigenvalue weighted by atomic mass is 35.5. The van der Waals surface area contributed by atoms with Crippen LogP contribution in [0.1, 0.15) is 15.9 Å². The molecular formula is C16H15ClN2O2. The molecule has 2 aromatic rings. The summed E-state index contributed by atoms with van der Waals surface area (Å²) in [5.41, 5.74) is 7.76. The van der Waals surface area contributed by atoms with Crippen molar-refractivity contribution in [2.24, 2.45) is 0 Å². The van der Waals surface area contributed by atoms with Crippen molar-refractivity contribution in [2.75, 3.05) is 12.3 Å². The van der Waals surface area contributed by atoms with Gasteiger partial charge in [0.15, 0.2) is 0 Å². The van der Waals surface area contributed by atoms with Gasteiger partial charge in [0.25, 0.3) is 5.91 Å². The van der Waals surface area contributed by atoms with Crippen LogP contribution in [0.15, 0.2) is 42.5 Å². The molecule has 21 heavy (non-hydrogen) atoms. The molecule has 0 bridgehead atoms. The number of hydrogen-bond donors (Lipinski definition) is 2. The maximum Gasteiger partial charge on any atom is 0.251 e. The lowest BCUT2D eigenvalue weighted by molar-refractivity contribution is 0.0933. The summed E-state index contributed by atoms with van der Waals surface area (Å²) < 4.78 is 5.78. The Morgan fingerprint density at radius 1 is 1.33 bits per heavy atom. The summed E-state index contributed by atoms with van der Waals surface area (Å²) in [6.07, 6.45) is 0.773. The highest BCUT2D eigenvalue weighted by Crippen LogP contribution is 2.27. The van der Waals surface area contributed by atoms with E-state index >= 15 is 0 Å². The maximum atomic E-state index is 12.1. The average molecular weight is 303 g/mol. The van der Waals surface area contributed by atoms with E-state index in [0.29, 0.717) is 22.8 Å². The minimum absolute atomic E-state index is 0.0315. The summed E-state index contributed by atoms with van der Waals surface area (Å²) in [7, 11) is 0. The summed E-state index contributed by atoms with van der Waals surface area (Å²) in [4.78, 5) is 12.1. The van der Waals surface area contributed by atoms with Crippen LogP contribution in [0, 0.1) is 0 Å². The predicted octanol–water partition coefficient (Wildman–Crippen LogP) is 2.66. The molecule has 108 valence electrons. The van der Waals surface area contributed by atoms with Gasteiger partial charge >= 0.3 is 0 Å². The van der Waals surface area contributed by atoms with E-state index in [9.17, 15) is 4.79 Å². The van der Waals surface area contributed by atoms with Gasteiger partial charge in [0.2, 0.25) is 0 Å². The van der Waals surface area contributed by atoms with Crippen LogP contribution in [0.4, 0.5) is 5.69 Å². The van der Waals surface area contributed by atoms with E-state index in [4.69, 9.17) is 22.1 Å². The Balaban J connectivity index is 1.59. The first-order valence-electron chi connectivity index (χ1n) is 6.71. The van der Waals surface area contributed by atoms with E-state index < -0.39 is 0 Å². The van der Waals surface area contributed by atoms with Crippen molar-refractivity contribution in [2.45, 2.75) is 12.5 Å². The van der Waals surface area contributed by atoms with Crippen LogP contribution in [0.3, 0.4) is 0 Å². The molecule has 4 nitrogen and oxygen atoms in total. The SMILES string of the molecule is Nc1cc(C(=O)NCC2Cc3ccccc3O2)ccc1Cl. The van der Waals surface area contributed by atoms with E-state index in [1.807, 2.05) is 24.3 Å². The van der Waals surface area contributed by atoms with Crippen molar-refractivity contribution in [1.29, 1.82) is 0 Å². The molecule has 1 aliphatic rings.